The standard InChI is InChI=1S/C12H11N5O2S/c13-16-11(18)10-7-3-1-2-4-8(7)19-9(10)5-20-12-14-6-15-17-12/h1-4,6H,5,13H2,(H,16,18)(H,14,15,17). The van der Waals surface area contributed by atoms with Crippen molar-refractivity contribution in [1.82, 2.24) is 20.6 Å². The molecule has 0 saturated carbocycles. The zero-order chi connectivity index (χ0) is 13.9. The highest BCUT2D eigenvalue weighted by Gasteiger charge is 2.20. The van der Waals surface area contributed by atoms with Crippen molar-refractivity contribution in [1.29, 1.82) is 0 Å². The SMILES string of the molecule is NNC(=O)c1c(CSc2ncn[nH]2)oc2ccccc12. The minimum Gasteiger partial charge on any atom is -0.459 e. The number of aromatic amines is 1. The van der Waals surface area contributed by atoms with Crippen LogP contribution in [-0.4, -0.2) is 21.1 Å². The highest BCUT2D eigenvalue weighted by Crippen LogP contribution is 2.29. The van der Waals surface area contributed by atoms with Crippen LogP contribution in [0.2, 0.25) is 0 Å². The molecular weight excluding hydrogens is 278 g/mol. The molecule has 0 aliphatic rings. The molecule has 1 aromatic carbocycles. The number of hydrazine groups is 1. The van der Waals surface area contributed by atoms with Gasteiger partial charge in [-0.3, -0.25) is 15.3 Å². The van der Waals surface area contributed by atoms with E-state index in [2.05, 4.69) is 20.6 Å². The van der Waals surface area contributed by atoms with Gasteiger partial charge in [0.2, 0.25) is 0 Å². The fourth-order valence-electron chi connectivity index (χ4n) is 1.92. The van der Waals surface area contributed by atoms with Gasteiger partial charge >= 0.3 is 0 Å². The second-order valence-electron chi connectivity index (χ2n) is 3.95. The van der Waals surface area contributed by atoms with Crippen LogP contribution in [0.1, 0.15) is 16.1 Å². The number of fused-ring (bicyclic) bond motifs is 1. The number of hydrogen-bond donors (Lipinski definition) is 3. The molecule has 3 aromatic rings. The molecule has 8 heteroatoms. The molecule has 20 heavy (non-hydrogen) atoms. The number of nitrogen functional groups attached to an aromatic ring is 1. The lowest BCUT2D eigenvalue weighted by Crippen LogP contribution is -2.30. The van der Waals surface area contributed by atoms with Crippen LogP contribution >= 0.6 is 11.8 Å². The summed E-state index contributed by atoms with van der Waals surface area (Å²) >= 11 is 1.39. The first kappa shape index (κ1) is 12.7. The zero-order valence-electron chi connectivity index (χ0n) is 10.3. The van der Waals surface area contributed by atoms with E-state index in [1.165, 1.54) is 18.1 Å². The Morgan fingerprint density at radius 1 is 1.45 bits per heavy atom. The first-order valence-corrected chi connectivity index (χ1v) is 6.77. The number of aromatic nitrogens is 3. The number of thioether (sulfide) groups is 1. The summed E-state index contributed by atoms with van der Waals surface area (Å²) in [5, 5.41) is 7.90. The number of H-pyrrole nitrogens is 1. The van der Waals surface area contributed by atoms with E-state index in [1.807, 2.05) is 24.3 Å². The number of nitrogens with two attached hydrogens (primary N) is 1. The molecule has 0 atom stereocenters. The number of carbonyl (C=O) groups excluding carboxylic acids is 1. The van der Waals surface area contributed by atoms with Gasteiger partial charge in [-0.05, 0) is 6.07 Å². The third kappa shape index (κ3) is 2.26. The van der Waals surface area contributed by atoms with Crippen molar-refractivity contribution in [2.24, 2.45) is 5.84 Å². The van der Waals surface area contributed by atoms with Crippen LogP contribution in [0.3, 0.4) is 0 Å². The van der Waals surface area contributed by atoms with Gasteiger partial charge in [-0.1, -0.05) is 30.0 Å². The number of hydrogen-bond acceptors (Lipinski definition) is 6. The maximum absolute atomic E-state index is 11.9. The van der Waals surface area contributed by atoms with Gasteiger partial charge in [0.05, 0.1) is 11.3 Å². The number of para-hydroxylation sites is 1. The van der Waals surface area contributed by atoms with Gasteiger partial charge in [0.25, 0.3) is 5.91 Å². The van der Waals surface area contributed by atoms with E-state index in [1.54, 1.807) is 0 Å². The van der Waals surface area contributed by atoms with Gasteiger partial charge in [0.1, 0.15) is 17.7 Å². The van der Waals surface area contributed by atoms with Crippen molar-refractivity contribution in [3.63, 3.8) is 0 Å². The summed E-state index contributed by atoms with van der Waals surface area (Å²) in [5.74, 6) is 5.87. The van der Waals surface area contributed by atoms with Gasteiger partial charge < -0.3 is 4.42 Å². The Kier molecular flexibility index (Phi) is 3.40. The van der Waals surface area contributed by atoms with Crippen LogP contribution in [0.4, 0.5) is 0 Å². The minimum atomic E-state index is -0.372. The van der Waals surface area contributed by atoms with Crippen LogP contribution in [-0.2, 0) is 5.75 Å². The Hall–Kier alpha value is -2.32. The molecular formula is C12H11N5O2S. The lowest BCUT2D eigenvalue weighted by molar-refractivity contribution is 0.0953. The smallest absolute Gasteiger partial charge is 0.269 e. The molecule has 0 saturated heterocycles. The van der Waals surface area contributed by atoms with Crippen molar-refractivity contribution in [3.05, 3.63) is 41.9 Å². The second-order valence-corrected chi connectivity index (χ2v) is 4.91. The first-order chi connectivity index (χ1) is 9.79. The molecule has 0 aliphatic heterocycles. The lowest BCUT2D eigenvalue weighted by atomic mass is 10.1. The van der Waals surface area contributed by atoms with Crippen LogP contribution in [0.25, 0.3) is 11.0 Å². The number of benzene rings is 1. The summed E-state index contributed by atoms with van der Waals surface area (Å²) in [5.41, 5.74) is 3.26. The third-order valence-corrected chi connectivity index (χ3v) is 3.64. The fourth-order valence-corrected chi connectivity index (χ4v) is 2.63. The number of furan rings is 1. The van der Waals surface area contributed by atoms with Crippen molar-refractivity contribution in [2.75, 3.05) is 0 Å². The summed E-state index contributed by atoms with van der Waals surface area (Å²) in [6.45, 7) is 0. The Morgan fingerprint density at radius 3 is 3.05 bits per heavy atom. The lowest BCUT2D eigenvalue weighted by Gasteiger charge is -2.00. The van der Waals surface area contributed by atoms with E-state index in [9.17, 15) is 4.79 Å². The van der Waals surface area contributed by atoms with Crippen LogP contribution in [0, 0.1) is 0 Å². The van der Waals surface area contributed by atoms with E-state index in [0.717, 1.165) is 5.39 Å². The Bertz CT molecular complexity index is 737. The topological polar surface area (TPSA) is 110 Å². The summed E-state index contributed by atoms with van der Waals surface area (Å²) in [6, 6.07) is 7.33. The molecule has 0 spiro atoms. The molecule has 1 amide bonds. The van der Waals surface area contributed by atoms with Crippen LogP contribution in [0.5, 0.6) is 0 Å². The maximum atomic E-state index is 11.9. The predicted molar refractivity (Wildman–Crippen MR) is 73.8 cm³/mol. The highest BCUT2D eigenvalue weighted by atomic mass is 32.2. The molecule has 0 fully saturated rings. The maximum Gasteiger partial charge on any atom is 0.269 e. The van der Waals surface area contributed by atoms with Crippen LogP contribution < -0.4 is 11.3 Å². The Morgan fingerprint density at radius 2 is 2.30 bits per heavy atom. The molecule has 2 heterocycles. The molecule has 0 aliphatic carbocycles. The van der Waals surface area contributed by atoms with Crippen molar-refractivity contribution < 1.29 is 9.21 Å². The summed E-state index contributed by atoms with van der Waals surface area (Å²) in [4.78, 5) is 15.9. The third-order valence-electron chi connectivity index (χ3n) is 2.76. The van der Waals surface area contributed by atoms with Gasteiger partial charge in [-0.25, -0.2) is 10.8 Å². The molecule has 3 rings (SSSR count). The summed E-state index contributed by atoms with van der Waals surface area (Å²) < 4.78 is 5.72. The van der Waals surface area contributed by atoms with Crippen molar-refractivity contribution in [2.45, 2.75) is 10.9 Å². The largest absolute Gasteiger partial charge is 0.459 e. The Labute approximate surface area is 117 Å². The zero-order valence-corrected chi connectivity index (χ0v) is 11.1. The number of amides is 1. The predicted octanol–water partition coefficient (Wildman–Crippen LogP) is 1.45. The number of nitrogens with one attached hydrogen (secondary N) is 2. The Balaban J connectivity index is 1.98. The van der Waals surface area contributed by atoms with Gasteiger partial charge in [0, 0.05) is 5.39 Å². The normalized spacial score (nSPS) is 10.8. The average molecular weight is 289 g/mol. The van der Waals surface area contributed by atoms with Gasteiger partial charge in [-0.15, -0.1) is 0 Å². The second kappa shape index (κ2) is 5.35. The van der Waals surface area contributed by atoms with E-state index < -0.39 is 0 Å². The first-order valence-electron chi connectivity index (χ1n) is 5.79. The number of carbonyl (C=O) groups is 1. The van der Waals surface area contributed by atoms with Crippen LogP contribution in [0.15, 0.2) is 40.2 Å². The van der Waals surface area contributed by atoms with E-state index >= 15 is 0 Å². The molecule has 4 N–H and O–H groups in total. The summed E-state index contributed by atoms with van der Waals surface area (Å²) in [7, 11) is 0. The molecule has 7 nitrogen and oxygen atoms in total. The summed E-state index contributed by atoms with van der Waals surface area (Å²) in [6.07, 6.45) is 1.43. The molecule has 0 bridgehead atoms. The average Bonchev–Trinajstić information content (AvgIpc) is 3.11. The van der Waals surface area contributed by atoms with Gasteiger partial charge in [-0.2, -0.15) is 5.10 Å². The van der Waals surface area contributed by atoms with E-state index in [-0.39, 0.29) is 5.91 Å². The fraction of sp³-hybridized carbons (Fsp3) is 0.0833. The van der Waals surface area contributed by atoms with E-state index in [4.69, 9.17) is 10.3 Å². The monoisotopic (exact) mass is 289 g/mol. The molecule has 2 aromatic heterocycles. The number of nitrogens with zero attached hydrogens (tertiary/aromatic N) is 2. The molecule has 0 unspecified atom stereocenters. The van der Waals surface area contributed by atoms with Gasteiger partial charge in [0.15, 0.2) is 5.16 Å². The minimum absolute atomic E-state index is 0.372. The van der Waals surface area contributed by atoms with Crippen molar-refractivity contribution in [3.8, 4) is 0 Å². The van der Waals surface area contributed by atoms with Crippen molar-refractivity contribution >= 4 is 28.6 Å². The molecule has 102 valence electrons. The highest BCUT2D eigenvalue weighted by molar-refractivity contribution is 7.98. The number of rotatable bonds is 4. The van der Waals surface area contributed by atoms with E-state index in [0.29, 0.717) is 27.8 Å². The quantitative estimate of drug-likeness (QED) is 0.290. The molecule has 0 radical (unpaired) electrons.